The number of aliphatic carboxylic acids is 1. The molecule has 0 aromatic heterocycles. The zero-order valence-electron chi connectivity index (χ0n) is 48.6. The molecule has 4 aliphatic carbocycles. The van der Waals surface area contributed by atoms with E-state index in [1.807, 2.05) is 6.92 Å². The number of esters is 1. The van der Waals surface area contributed by atoms with E-state index in [4.69, 9.17) is 29.8 Å². The number of carboxylic acid groups (broad SMARTS) is 1. The first-order valence-corrected chi connectivity index (χ1v) is 28.8. The van der Waals surface area contributed by atoms with Crippen molar-refractivity contribution in [2.75, 3.05) is 25.1 Å². The number of carbonyl (C=O) groups is 9. The van der Waals surface area contributed by atoms with Crippen LogP contribution in [0.5, 0.6) is 0 Å². The van der Waals surface area contributed by atoms with Crippen LogP contribution >= 0.6 is 0 Å². The van der Waals surface area contributed by atoms with Crippen molar-refractivity contribution in [3.8, 4) is 0 Å². The molecule has 1 aromatic rings. The normalized spacial score (nSPS) is 29.7. The molecule has 6 rings (SSSR count). The topological polar surface area (TPSA) is 370 Å². The molecule has 12 N–H and O–H groups in total. The molecule has 1 aliphatic heterocycles. The van der Waals surface area contributed by atoms with E-state index in [1.54, 1.807) is 34.6 Å². The second kappa shape index (κ2) is 28.1. The Bertz CT molecular complexity index is 2660. The van der Waals surface area contributed by atoms with Crippen LogP contribution in [-0.2, 0) is 59.1 Å². The summed E-state index contributed by atoms with van der Waals surface area (Å²) in [6.45, 7) is 9.86. The smallest absolute Gasteiger partial charge is 0.408 e. The number of amides is 7. The van der Waals surface area contributed by atoms with Crippen molar-refractivity contribution in [1.82, 2.24) is 26.6 Å². The monoisotopic (exact) mass is 1190 g/mol. The molecule has 0 spiro atoms. The molecule has 26 heteroatoms. The van der Waals surface area contributed by atoms with Crippen molar-refractivity contribution >= 4 is 59.2 Å². The number of hydrogen-bond acceptors (Lipinski definition) is 16. The van der Waals surface area contributed by atoms with E-state index in [1.165, 1.54) is 49.4 Å². The standard InChI is InChI=1S/C58H83F2N7O17/c1-8-11-47-83-44-25-35-36-24-38(59)37-23-34(69)19-20-55(37,6)57(36,60)42(70)26-56(35,7)58(44,84-47)43(71)29-81-52(78)40(22-30(2)3)65-50(76)41(27-68)66-54(80)82-28-32-15-17-33(18-16-32)63-49(75)39(12-10-21-62-53(61)79)64-51(77)48(31(4)5)67-45(72)13-9-14-46(73)74/h15-20,23,30-31,34-36,38-42,44,47-48,68-70H,8-14,21-22,24-29H2,1-7H3,(H,63,75)(H,64,77)(H,65,76)(H,66,80)(H,67,72)(H,73,74)(H3,61,62,79)/t34?,35-,36-,38-,39-,40-,41-,42-,44+,47?,48-,55-,56-,57-,58+/m0/s1. The molecule has 1 aromatic carbocycles. The number of fused-ring (bicyclic) bond motifs is 7. The van der Waals surface area contributed by atoms with Gasteiger partial charge in [0.1, 0.15) is 36.9 Å². The third kappa shape index (κ3) is 14.5. The third-order valence-corrected chi connectivity index (χ3v) is 17.2. The van der Waals surface area contributed by atoms with Gasteiger partial charge >= 0.3 is 24.1 Å². The Morgan fingerprint density at radius 3 is 2.18 bits per heavy atom. The number of aliphatic hydroxyl groups is 3. The average molecular weight is 1190 g/mol. The number of Topliss-reactive ketones (excluding diaryl/α,β-unsaturated/α-hetero) is 1. The molecule has 2 unspecified atom stereocenters. The van der Waals surface area contributed by atoms with Gasteiger partial charge in [-0.05, 0) is 105 Å². The lowest BCUT2D eigenvalue weighted by Gasteiger charge is -2.63. The Kier molecular flexibility index (Phi) is 22.2. The number of urea groups is 1. The molecule has 0 bridgehead atoms. The van der Waals surface area contributed by atoms with Gasteiger partial charge in [0.25, 0.3) is 0 Å². The van der Waals surface area contributed by atoms with Gasteiger partial charge < -0.3 is 77.0 Å². The second-order valence-electron chi connectivity index (χ2n) is 23.8. The van der Waals surface area contributed by atoms with Gasteiger partial charge in [-0.1, -0.05) is 72.2 Å². The Morgan fingerprint density at radius 2 is 1.55 bits per heavy atom. The number of anilines is 1. The maximum Gasteiger partial charge on any atom is 0.408 e. The van der Waals surface area contributed by atoms with E-state index < -0.39 is 161 Å². The molecule has 84 heavy (non-hydrogen) atoms. The van der Waals surface area contributed by atoms with Crippen LogP contribution in [0.15, 0.2) is 48.1 Å². The van der Waals surface area contributed by atoms with E-state index >= 15 is 8.78 Å². The van der Waals surface area contributed by atoms with Crippen LogP contribution in [0.3, 0.4) is 0 Å². The number of alkyl halides is 2. The minimum atomic E-state index is -2.40. The number of aliphatic hydroxyl groups excluding tert-OH is 3. The maximum absolute atomic E-state index is 18.0. The van der Waals surface area contributed by atoms with E-state index in [2.05, 4.69) is 31.9 Å². The molecule has 466 valence electrons. The molecule has 1 saturated heterocycles. The summed E-state index contributed by atoms with van der Waals surface area (Å²) in [5, 5.41) is 56.5. The van der Waals surface area contributed by atoms with E-state index in [0.717, 1.165) is 0 Å². The second-order valence-corrected chi connectivity index (χ2v) is 23.8. The Morgan fingerprint density at radius 1 is 0.857 bits per heavy atom. The predicted octanol–water partition coefficient (Wildman–Crippen LogP) is 3.19. The molecule has 24 nitrogen and oxygen atoms in total. The Labute approximate surface area is 486 Å². The fourth-order valence-corrected chi connectivity index (χ4v) is 13.0. The number of ether oxygens (including phenoxy) is 4. The number of nitrogens with two attached hydrogens (primary N) is 1. The first-order valence-electron chi connectivity index (χ1n) is 28.8. The lowest BCUT2D eigenvalue weighted by atomic mass is 9.44. The van der Waals surface area contributed by atoms with Gasteiger partial charge in [0.2, 0.25) is 29.4 Å². The highest BCUT2D eigenvalue weighted by molar-refractivity contribution is 5.99. The van der Waals surface area contributed by atoms with Crippen molar-refractivity contribution in [2.24, 2.45) is 40.2 Å². The number of primary amides is 1. The molecular weight excluding hydrogens is 1100 g/mol. The zero-order valence-corrected chi connectivity index (χ0v) is 48.6. The lowest BCUT2D eigenvalue weighted by molar-refractivity contribution is -0.235. The number of benzene rings is 1. The fraction of sp³-hybridized carbons (Fsp3) is 0.672. The van der Waals surface area contributed by atoms with E-state index in [-0.39, 0.29) is 88.1 Å². The van der Waals surface area contributed by atoms with Gasteiger partial charge in [-0.3, -0.25) is 28.8 Å². The molecule has 4 fully saturated rings. The predicted molar refractivity (Wildman–Crippen MR) is 296 cm³/mol. The molecule has 1 heterocycles. The van der Waals surface area contributed by atoms with Gasteiger partial charge in [-0.2, -0.15) is 0 Å². The van der Waals surface area contributed by atoms with Crippen LogP contribution in [0.4, 0.5) is 24.1 Å². The number of allylic oxidation sites excluding steroid dienone is 2. The number of carboxylic acids is 1. The van der Waals surface area contributed by atoms with Crippen LogP contribution in [0.1, 0.15) is 125 Å². The Hall–Kier alpha value is -6.61. The summed E-state index contributed by atoms with van der Waals surface area (Å²) in [5.74, 6) is -8.27. The fourth-order valence-electron chi connectivity index (χ4n) is 13.0. The number of hydrogen-bond donors (Lipinski definition) is 11. The van der Waals surface area contributed by atoms with Crippen molar-refractivity contribution in [3.63, 3.8) is 0 Å². The van der Waals surface area contributed by atoms with Crippen molar-refractivity contribution in [2.45, 2.75) is 192 Å². The van der Waals surface area contributed by atoms with Crippen molar-refractivity contribution in [3.05, 3.63) is 53.6 Å². The third-order valence-electron chi connectivity index (χ3n) is 17.2. The molecule has 15 atom stereocenters. The number of ketones is 1. The molecular formula is C58H83F2N7O17. The molecule has 0 radical (unpaired) electrons. The summed E-state index contributed by atoms with van der Waals surface area (Å²) >= 11 is 0. The summed E-state index contributed by atoms with van der Waals surface area (Å²) in [4.78, 5) is 117. The quantitative estimate of drug-likeness (QED) is 0.0326. The van der Waals surface area contributed by atoms with Gasteiger partial charge in [0.15, 0.2) is 24.2 Å². The van der Waals surface area contributed by atoms with Crippen LogP contribution in [-0.4, -0.2) is 160 Å². The van der Waals surface area contributed by atoms with E-state index in [0.29, 0.717) is 18.4 Å². The molecule has 7 amide bonds. The van der Waals surface area contributed by atoms with Gasteiger partial charge in [0.05, 0.1) is 24.9 Å². The highest BCUT2D eigenvalue weighted by Crippen LogP contribution is 2.72. The first kappa shape index (κ1) is 66.5. The summed E-state index contributed by atoms with van der Waals surface area (Å²) in [7, 11) is 0. The van der Waals surface area contributed by atoms with Gasteiger partial charge in [-0.15, -0.1) is 0 Å². The summed E-state index contributed by atoms with van der Waals surface area (Å²) in [5.41, 5.74) is -1.35. The number of rotatable bonds is 28. The minimum Gasteiger partial charge on any atom is -0.481 e. The van der Waals surface area contributed by atoms with E-state index in [9.17, 15) is 58.5 Å². The lowest BCUT2D eigenvalue weighted by Crippen LogP contribution is -2.71. The minimum absolute atomic E-state index is 0.0120. The number of alkyl carbamates (subject to hydrolysis) is 1. The number of halogens is 2. The maximum atomic E-state index is 18.0. The van der Waals surface area contributed by atoms with Crippen LogP contribution in [0.25, 0.3) is 0 Å². The zero-order chi connectivity index (χ0) is 62.1. The highest BCUT2D eigenvalue weighted by Gasteiger charge is 2.80. The molecule has 3 saturated carbocycles. The highest BCUT2D eigenvalue weighted by atomic mass is 19.1. The number of carbonyl (C=O) groups excluding carboxylic acids is 8. The van der Waals surface area contributed by atoms with Gasteiger partial charge in [0, 0.05) is 41.8 Å². The van der Waals surface area contributed by atoms with Crippen molar-refractivity contribution in [1.29, 1.82) is 0 Å². The van der Waals surface area contributed by atoms with Crippen LogP contribution in [0.2, 0.25) is 0 Å². The Balaban J connectivity index is 1.05. The summed E-state index contributed by atoms with van der Waals surface area (Å²) < 4.78 is 58.1. The SMILES string of the molecule is CCCC1O[C@@H]2C[C@H]3[C@@H]4C[C@H](F)C5=CC(O)C=C[C@]5(C)[C@@]4(F)[C@@H](O)C[C@]3(C)[C@]2(C(=O)COC(=O)[C@H](CC(C)C)NC(=O)[C@H](CO)NC(=O)OCc2ccc(NC(=O)[C@H](CCCNC(N)=O)NC(=O)[C@@H](NC(=O)CCCC(=O)O)C(C)C)cc2)O1. The molecule has 5 aliphatic rings. The number of nitrogens with one attached hydrogen (secondary N) is 6. The average Bonchev–Trinajstić information content (AvgIpc) is 1.40. The summed E-state index contributed by atoms with van der Waals surface area (Å²) in [6.07, 6.45) is -3.10. The van der Waals surface area contributed by atoms with Crippen LogP contribution < -0.4 is 37.6 Å². The first-order chi connectivity index (χ1) is 39.5. The van der Waals surface area contributed by atoms with Gasteiger partial charge in [-0.25, -0.2) is 23.2 Å². The van der Waals surface area contributed by atoms with Crippen molar-refractivity contribution < 1.29 is 91.3 Å². The largest absolute Gasteiger partial charge is 0.481 e. The van der Waals surface area contributed by atoms with Crippen LogP contribution in [0, 0.1) is 34.5 Å². The summed E-state index contributed by atoms with van der Waals surface area (Å²) in [6, 6.07) is -0.105.